The maximum atomic E-state index is 11.9. The van der Waals surface area contributed by atoms with Crippen LogP contribution in [0.4, 0.5) is 0 Å². The molecular formula is C16H23N3O. The molecule has 108 valence electrons. The number of likely N-dealkylation sites (N-methyl/N-ethyl adjacent to an activating group) is 1. The zero-order valence-corrected chi connectivity index (χ0v) is 12.5. The number of para-hydroxylation sites is 1. The van der Waals surface area contributed by atoms with Crippen molar-refractivity contribution in [1.29, 1.82) is 0 Å². The van der Waals surface area contributed by atoms with E-state index < -0.39 is 0 Å². The molecular weight excluding hydrogens is 250 g/mol. The minimum absolute atomic E-state index is 0.110. The van der Waals surface area contributed by atoms with Gasteiger partial charge in [0, 0.05) is 37.7 Å². The van der Waals surface area contributed by atoms with Gasteiger partial charge in [-0.1, -0.05) is 25.1 Å². The van der Waals surface area contributed by atoms with Gasteiger partial charge < -0.3 is 14.8 Å². The van der Waals surface area contributed by atoms with E-state index in [0.29, 0.717) is 6.54 Å². The number of carbonyl (C=O) groups excluding carboxylic acids is 1. The largest absolute Gasteiger partial charge is 0.347 e. The van der Waals surface area contributed by atoms with E-state index >= 15 is 0 Å². The Bertz CT molecular complexity index is 586. The third-order valence-electron chi connectivity index (χ3n) is 3.42. The van der Waals surface area contributed by atoms with Gasteiger partial charge >= 0.3 is 0 Å². The zero-order valence-electron chi connectivity index (χ0n) is 12.5. The summed E-state index contributed by atoms with van der Waals surface area (Å²) in [5, 5.41) is 4.65. The van der Waals surface area contributed by atoms with Gasteiger partial charge in [0.05, 0.1) is 0 Å². The number of nitrogens with zero attached hydrogens (tertiary/aromatic N) is 2. The molecule has 0 aliphatic heterocycles. The van der Waals surface area contributed by atoms with Crippen molar-refractivity contribution in [2.45, 2.75) is 26.4 Å². The summed E-state index contributed by atoms with van der Waals surface area (Å²) in [4.78, 5) is 13.5. The monoisotopic (exact) mass is 273 g/mol. The van der Waals surface area contributed by atoms with Gasteiger partial charge in [0.2, 0.25) is 5.91 Å². The molecule has 0 bridgehead atoms. The fourth-order valence-electron chi connectivity index (χ4n) is 2.28. The fraction of sp³-hybridized carbons (Fsp3) is 0.438. The molecule has 1 amide bonds. The average Bonchev–Trinajstić information content (AvgIpc) is 2.78. The average molecular weight is 273 g/mol. The molecule has 0 saturated heterocycles. The minimum Gasteiger partial charge on any atom is -0.347 e. The van der Waals surface area contributed by atoms with Crippen molar-refractivity contribution in [1.82, 2.24) is 14.8 Å². The van der Waals surface area contributed by atoms with E-state index in [-0.39, 0.29) is 5.91 Å². The van der Waals surface area contributed by atoms with Crippen molar-refractivity contribution in [3.63, 3.8) is 0 Å². The summed E-state index contributed by atoms with van der Waals surface area (Å²) < 4.78 is 2.04. The molecule has 0 aliphatic rings. The van der Waals surface area contributed by atoms with Gasteiger partial charge in [0.25, 0.3) is 0 Å². The molecule has 0 spiro atoms. The highest BCUT2D eigenvalue weighted by Crippen LogP contribution is 2.21. The van der Waals surface area contributed by atoms with Crippen LogP contribution in [0.5, 0.6) is 0 Å². The van der Waals surface area contributed by atoms with E-state index in [0.717, 1.165) is 25.0 Å². The second-order valence-electron chi connectivity index (χ2n) is 5.26. The van der Waals surface area contributed by atoms with E-state index in [1.165, 1.54) is 10.9 Å². The van der Waals surface area contributed by atoms with Gasteiger partial charge in [-0.25, -0.2) is 0 Å². The molecule has 2 aromatic rings. The first-order valence-electron chi connectivity index (χ1n) is 7.11. The maximum Gasteiger partial charge on any atom is 0.241 e. The molecule has 0 unspecified atom stereocenters. The van der Waals surface area contributed by atoms with Crippen molar-refractivity contribution in [3.8, 4) is 0 Å². The highest BCUT2D eigenvalue weighted by Gasteiger charge is 2.11. The van der Waals surface area contributed by atoms with Crippen molar-refractivity contribution >= 4 is 16.8 Å². The van der Waals surface area contributed by atoms with Crippen LogP contribution in [0.3, 0.4) is 0 Å². The van der Waals surface area contributed by atoms with Crippen molar-refractivity contribution in [3.05, 3.63) is 36.0 Å². The molecule has 1 heterocycles. The van der Waals surface area contributed by atoms with Crippen LogP contribution in [0.25, 0.3) is 10.9 Å². The number of carbonyl (C=O) groups is 1. The lowest BCUT2D eigenvalue weighted by molar-refractivity contribution is -0.129. The van der Waals surface area contributed by atoms with Gasteiger partial charge in [-0.15, -0.1) is 0 Å². The molecule has 4 nitrogen and oxygen atoms in total. The number of aromatic nitrogens is 1. The molecule has 1 aromatic heterocycles. The first kappa shape index (κ1) is 14.6. The zero-order chi connectivity index (χ0) is 14.5. The predicted octanol–water partition coefficient (Wildman–Crippen LogP) is 2.23. The summed E-state index contributed by atoms with van der Waals surface area (Å²) in [6.45, 7) is 4.40. The number of rotatable bonds is 6. The van der Waals surface area contributed by atoms with Crippen LogP contribution < -0.4 is 5.32 Å². The number of hydrogen-bond donors (Lipinski definition) is 1. The highest BCUT2D eigenvalue weighted by molar-refractivity contribution is 5.86. The van der Waals surface area contributed by atoms with Crippen LogP contribution in [0.1, 0.15) is 18.9 Å². The van der Waals surface area contributed by atoms with Gasteiger partial charge in [-0.2, -0.15) is 0 Å². The number of amides is 1. The molecule has 0 saturated carbocycles. The molecule has 0 aliphatic carbocycles. The molecule has 2 rings (SSSR count). The van der Waals surface area contributed by atoms with Crippen LogP contribution in [0, 0.1) is 0 Å². The summed E-state index contributed by atoms with van der Waals surface area (Å²) in [5.74, 6) is 0.110. The van der Waals surface area contributed by atoms with E-state index in [9.17, 15) is 4.79 Å². The Morgan fingerprint density at radius 1 is 1.30 bits per heavy atom. The lowest BCUT2D eigenvalue weighted by Gasteiger charge is -2.11. The van der Waals surface area contributed by atoms with Crippen LogP contribution in [0.15, 0.2) is 30.5 Å². The third-order valence-corrected chi connectivity index (χ3v) is 3.42. The molecule has 20 heavy (non-hydrogen) atoms. The SMILES string of the molecule is CCCNCc1cn(CC(=O)N(C)C)c2ccccc12. The van der Waals surface area contributed by atoms with E-state index in [4.69, 9.17) is 0 Å². The van der Waals surface area contributed by atoms with Gasteiger partial charge in [-0.3, -0.25) is 4.79 Å². The van der Waals surface area contributed by atoms with Gasteiger partial charge in [0.15, 0.2) is 0 Å². The highest BCUT2D eigenvalue weighted by atomic mass is 16.2. The second kappa shape index (κ2) is 6.57. The van der Waals surface area contributed by atoms with Crippen molar-refractivity contribution < 1.29 is 4.79 Å². The van der Waals surface area contributed by atoms with E-state index in [2.05, 4.69) is 30.6 Å². The lowest BCUT2D eigenvalue weighted by atomic mass is 10.2. The molecule has 0 fully saturated rings. The Morgan fingerprint density at radius 3 is 2.75 bits per heavy atom. The summed E-state index contributed by atoms with van der Waals surface area (Å²) in [6.07, 6.45) is 3.21. The Morgan fingerprint density at radius 2 is 2.05 bits per heavy atom. The number of benzene rings is 1. The molecule has 0 atom stereocenters. The van der Waals surface area contributed by atoms with Crippen LogP contribution in [-0.2, 0) is 17.9 Å². The summed E-state index contributed by atoms with van der Waals surface area (Å²) >= 11 is 0. The standard InChI is InChI=1S/C16H23N3O/c1-4-9-17-10-13-11-19(12-16(20)18(2)3)15-8-6-5-7-14(13)15/h5-8,11,17H,4,9-10,12H2,1-3H3. The molecule has 1 N–H and O–H groups in total. The molecule has 4 heteroatoms. The quantitative estimate of drug-likeness (QED) is 0.820. The number of fused-ring (bicyclic) bond motifs is 1. The summed E-state index contributed by atoms with van der Waals surface area (Å²) in [6, 6.07) is 8.25. The predicted molar refractivity (Wildman–Crippen MR) is 82.6 cm³/mol. The number of nitrogens with one attached hydrogen (secondary N) is 1. The Kier molecular flexibility index (Phi) is 4.79. The molecule has 1 aromatic carbocycles. The first-order chi connectivity index (χ1) is 9.63. The Hall–Kier alpha value is -1.81. The fourth-order valence-corrected chi connectivity index (χ4v) is 2.28. The Labute approximate surface area is 120 Å². The van der Waals surface area contributed by atoms with Crippen LogP contribution in [0.2, 0.25) is 0 Å². The van der Waals surface area contributed by atoms with E-state index in [1.54, 1.807) is 19.0 Å². The van der Waals surface area contributed by atoms with E-state index in [1.807, 2.05) is 16.7 Å². The molecule has 0 radical (unpaired) electrons. The Balaban J connectivity index is 2.28. The smallest absolute Gasteiger partial charge is 0.241 e. The normalized spacial score (nSPS) is 10.9. The third kappa shape index (κ3) is 3.20. The van der Waals surface area contributed by atoms with Crippen molar-refractivity contribution in [2.75, 3.05) is 20.6 Å². The summed E-state index contributed by atoms with van der Waals surface area (Å²) in [5.41, 5.74) is 2.37. The minimum atomic E-state index is 0.110. The first-order valence-corrected chi connectivity index (χ1v) is 7.11. The van der Waals surface area contributed by atoms with Gasteiger partial charge in [0.1, 0.15) is 6.54 Å². The summed E-state index contributed by atoms with van der Waals surface area (Å²) in [7, 11) is 3.58. The maximum absolute atomic E-state index is 11.9. The van der Waals surface area contributed by atoms with Crippen LogP contribution >= 0.6 is 0 Å². The topological polar surface area (TPSA) is 37.3 Å². The second-order valence-corrected chi connectivity index (χ2v) is 5.26. The van der Waals surface area contributed by atoms with Crippen LogP contribution in [-0.4, -0.2) is 36.0 Å². The van der Waals surface area contributed by atoms with Gasteiger partial charge in [-0.05, 0) is 24.6 Å². The lowest BCUT2D eigenvalue weighted by Crippen LogP contribution is -2.25. The van der Waals surface area contributed by atoms with Crippen molar-refractivity contribution in [2.24, 2.45) is 0 Å². The number of hydrogen-bond acceptors (Lipinski definition) is 2.